The molecule has 3 nitrogen and oxygen atoms in total. The zero-order chi connectivity index (χ0) is 10.8. The summed E-state index contributed by atoms with van der Waals surface area (Å²) in [5, 5.41) is 3.51. The van der Waals surface area contributed by atoms with Gasteiger partial charge in [0.15, 0.2) is 0 Å². The van der Waals surface area contributed by atoms with Gasteiger partial charge in [-0.1, -0.05) is 0 Å². The highest BCUT2D eigenvalue weighted by Gasteiger charge is 2.33. The van der Waals surface area contributed by atoms with Crippen molar-refractivity contribution in [3.8, 4) is 0 Å². The van der Waals surface area contributed by atoms with Gasteiger partial charge in [0, 0.05) is 24.7 Å². The molecule has 3 heteroatoms. The van der Waals surface area contributed by atoms with Crippen LogP contribution < -0.4 is 5.32 Å². The molecule has 88 valence electrons. The molecule has 0 bridgehead atoms. The number of rotatable bonds is 2. The molecular formula is C12H24N2O. The first-order valence-electron chi connectivity index (χ1n) is 6.25. The van der Waals surface area contributed by atoms with Crippen LogP contribution in [-0.4, -0.2) is 49.3 Å². The Labute approximate surface area is 93.2 Å². The first-order valence-corrected chi connectivity index (χ1v) is 6.25. The van der Waals surface area contributed by atoms with Crippen LogP contribution in [0.1, 0.15) is 33.1 Å². The average molecular weight is 212 g/mol. The minimum Gasteiger partial charge on any atom is -0.377 e. The molecule has 2 aliphatic rings. The van der Waals surface area contributed by atoms with E-state index < -0.39 is 0 Å². The van der Waals surface area contributed by atoms with Gasteiger partial charge in [-0.05, 0) is 46.7 Å². The second-order valence-electron chi connectivity index (χ2n) is 5.13. The van der Waals surface area contributed by atoms with E-state index in [-0.39, 0.29) is 0 Å². The fourth-order valence-electron chi connectivity index (χ4n) is 3.00. The fourth-order valence-corrected chi connectivity index (χ4v) is 3.00. The highest BCUT2D eigenvalue weighted by molar-refractivity contribution is 4.88. The summed E-state index contributed by atoms with van der Waals surface area (Å²) < 4.78 is 5.65. The summed E-state index contributed by atoms with van der Waals surface area (Å²) in [6.07, 6.45) is 4.18. The first-order chi connectivity index (χ1) is 7.18. The molecule has 2 rings (SSSR count). The van der Waals surface area contributed by atoms with Crippen molar-refractivity contribution in [1.29, 1.82) is 0 Å². The third kappa shape index (κ3) is 2.52. The molecule has 2 fully saturated rings. The van der Waals surface area contributed by atoms with E-state index >= 15 is 0 Å². The summed E-state index contributed by atoms with van der Waals surface area (Å²) >= 11 is 0. The Morgan fingerprint density at radius 3 is 2.67 bits per heavy atom. The summed E-state index contributed by atoms with van der Waals surface area (Å²) in [7, 11) is 2.28. The van der Waals surface area contributed by atoms with Gasteiger partial charge < -0.3 is 10.1 Å². The molecule has 0 aromatic carbocycles. The normalized spacial score (nSPS) is 42.4. The SMILES string of the molecule is CC1CC(N(C)C2CCOC2C)CCN1. The highest BCUT2D eigenvalue weighted by atomic mass is 16.5. The van der Waals surface area contributed by atoms with Crippen molar-refractivity contribution >= 4 is 0 Å². The Morgan fingerprint density at radius 2 is 2.07 bits per heavy atom. The fraction of sp³-hybridized carbons (Fsp3) is 1.00. The van der Waals surface area contributed by atoms with Gasteiger partial charge >= 0.3 is 0 Å². The van der Waals surface area contributed by atoms with Crippen LogP contribution >= 0.6 is 0 Å². The Hall–Kier alpha value is -0.120. The van der Waals surface area contributed by atoms with Crippen LogP contribution in [0.25, 0.3) is 0 Å². The number of likely N-dealkylation sites (N-methyl/N-ethyl adjacent to an activating group) is 1. The monoisotopic (exact) mass is 212 g/mol. The Balaban J connectivity index is 1.91. The van der Waals surface area contributed by atoms with Crippen molar-refractivity contribution in [3.63, 3.8) is 0 Å². The Morgan fingerprint density at radius 1 is 1.27 bits per heavy atom. The summed E-state index contributed by atoms with van der Waals surface area (Å²) in [6.45, 7) is 6.60. The van der Waals surface area contributed by atoms with Crippen LogP contribution in [0.2, 0.25) is 0 Å². The van der Waals surface area contributed by atoms with Crippen LogP contribution in [-0.2, 0) is 4.74 Å². The maximum atomic E-state index is 5.65. The lowest BCUT2D eigenvalue weighted by molar-refractivity contribution is 0.0564. The Bertz CT molecular complexity index is 210. The number of piperidine rings is 1. The van der Waals surface area contributed by atoms with E-state index in [9.17, 15) is 0 Å². The molecule has 2 heterocycles. The van der Waals surface area contributed by atoms with Crippen molar-refractivity contribution in [2.75, 3.05) is 20.2 Å². The summed E-state index contributed by atoms with van der Waals surface area (Å²) in [4.78, 5) is 2.56. The molecule has 4 atom stereocenters. The van der Waals surface area contributed by atoms with E-state index in [0.717, 1.165) is 19.2 Å². The molecule has 0 spiro atoms. The van der Waals surface area contributed by atoms with Gasteiger partial charge in [0.25, 0.3) is 0 Å². The molecule has 0 aromatic rings. The van der Waals surface area contributed by atoms with Gasteiger partial charge in [0.1, 0.15) is 0 Å². The highest BCUT2D eigenvalue weighted by Crippen LogP contribution is 2.24. The first kappa shape index (κ1) is 11.4. The maximum Gasteiger partial charge on any atom is 0.0703 e. The van der Waals surface area contributed by atoms with Gasteiger partial charge in [-0.2, -0.15) is 0 Å². The lowest BCUT2D eigenvalue weighted by Gasteiger charge is -2.39. The molecular weight excluding hydrogens is 188 g/mol. The molecule has 2 aliphatic heterocycles. The van der Waals surface area contributed by atoms with Crippen LogP contribution in [0.15, 0.2) is 0 Å². The van der Waals surface area contributed by atoms with Gasteiger partial charge in [0.2, 0.25) is 0 Å². The van der Waals surface area contributed by atoms with Crippen LogP contribution in [0.3, 0.4) is 0 Å². The number of nitrogens with one attached hydrogen (secondary N) is 1. The summed E-state index contributed by atoms with van der Waals surface area (Å²) in [5.74, 6) is 0. The molecule has 15 heavy (non-hydrogen) atoms. The van der Waals surface area contributed by atoms with Gasteiger partial charge in [-0.3, -0.25) is 4.90 Å². The number of hydrogen-bond acceptors (Lipinski definition) is 3. The number of ether oxygens (including phenoxy) is 1. The standard InChI is InChI=1S/C12H24N2O/c1-9-8-11(4-6-13-9)14(3)12-5-7-15-10(12)2/h9-13H,4-8H2,1-3H3. The van der Waals surface area contributed by atoms with E-state index in [1.165, 1.54) is 19.3 Å². The van der Waals surface area contributed by atoms with Crippen molar-refractivity contribution in [1.82, 2.24) is 10.2 Å². The van der Waals surface area contributed by atoms with E-state index in [0.29, 0.717) is 18.2 Å². The zero-order valence-corrected chi connectivity index (χ0v) is 10.2. The van der Waals surface area contributed by atoms with Crippen molar-refractivity contribution in [2.45, 2.75) is 57.3 Å². The second kappa shape index (κ2) is 4.81. The molecule has 0 amide bonds. The predicted octanol–water partition coefficient (Wildman–Crippen LogP) is 1.24. The van der Waals surface area contributed by atoms with Crippen LogP contribution in [0.5, 0.6) is 0 Å². The molecule has 4 unspecified atom stereocenters. The minimum absolute atomic E-state index is 0.417. The van der Waals surface area contributed by atoms with E-state index in [2.05, 4.69) is 31.1 Å². The van der Waals surface area contributed by atoms with Gasteiger partial charge in [-0.15, -0.1) is 0 Å². The summed E-state index contributed by atoms with van der Waals surface area (Å²) in [6, 6.07) is 2.06. The largest absolute Gasteiger partial charge is 0.377 e. The van der Waals surface area contributed by atoms with Crippen molar-refractivity contribution in [3.05, 3.63) is 0 Å². The molecule has 0 radical (unpaired) electrons. The van der Waals surface area contributed by atoms with Crippen molar-refractivity contribution in [2.24, 2.45) is 0 Å². The average Bonchev–Trinajstić information content (AvgIpc) is 2.63. The number of nitrogens with zero attached hydrogens (tertiary/aromatic N) is 1. The van der Waals surface area contributed by atoms with Crippen LogP contribution in [0, 0.1) is 0 Å². The van der Waals surface area contributed by atoms with Crippen molar-refractivity contribution < 1.29 is 4.74 Å². The second-order valence-corrected chi connectivity index (χ2v) is 5.13. The van der Waals surface area contributed by atoms with Gasteiger partial charge in [-0.25, -0.2) is 0 Å². The molecule has 0 saturated carbocycles. The van der Waals surface area contributed by atoms with Crippen LogP contribution in [0.4, 0.5) is 0 Å². The molecule has 1 N–H and O–H groups in total. The van der Waals surface area contributed by atoms with Gasteiger partial charge in [0.05, 0.1) is 6.10 Å². The lowest BCUT2D eigenvalue weighted by atomic mass is 9.97. The zero-order valence-electron chi connectivity index (χ0n) is 10.2. The predicted molar refractivity (Wildman–Crippen MR) is 62.1 cm³/mol. The van der Waals surface area contributed by atoms with E-state index in [4.69, 9.17) is 4.74 Å². The number of hydrogen-bond donors (Lipinski definition) is 1. The molecule has 2 saturated heterocycles. The van der Waals surface area contributed by atoms with E-state index in [1.54, 1.807) is 0 Å². The minimum atomic E-state index is 0.417. The smallest absolute Gasteiger partial charge is 0.0703 e. The third-order valence-corrected chi connectivity index (χ3v) is 4.03. The molecule has 0 aliphatic carbocycles. The Kier molecular flexibility index (Phi) is 3.65. The lowest BCUT2D eigenvalue weighted by Crippen LogP contribution is -2.50. The summed E-state index contributed by atoms with van der Waals surface area (Å²) in [5.41, 5.74) is 0. The third-order valence-electron chi connectivity index (χ3n) is 4.03. The molecule has 0 aromatic heterocycles. The van der Waals surface area contributed by atoms with E-state index in [1.807, 2.05) is 0 Å². The maximum absolute atomic E-state index is 5.65. The topological polar surface area (TPSA) is 24.5 Å². The quantitative estimate of drug-likeness (QED) is 0.745.